The minimum atomic E-state index is -0.190. The number of rotatable bonds is 2. The van der Waals surface area contributed by atoms with Gasteiger partial charge in [-0.25, -0.2) is 4.39 Å². The first kappa shape index (κ1) is 9.20. The lowest BCUT2D eigenvalue weighted by atomic mass is 10.00. The Hall–Kier alpha value is -0.890. The molecule has 0 unspecified atom stereocenters. The standard InChI is InChI=1S/C10H14FN/c1-3-9(12)10-7(2)5-4-6-8(10)11/h4-6,9H,3,12H2,1-2H3/t9-/m0/s1. The highest BCUT2D eigenvalue weighted by molar-refractivity contribution is 5.29. The van der Waals surface area contributed by atoms with Gasteiger partial charge in [0.15, 0.2) is 0 Å². The van der Waals surface area contributed by atoms with Crippen LogP contribution in [-0.4, -0.2) is 0 Å². The summed E-state index contributed by atoms with van der Waals surface area (Å²) in [5.74, 6) is -0.190. The quantitative estimate of drug-likeness (QED) is 0.719. The molecule has 0 aromatic heterocycles. The van der Waals surface area contributed by atoms with E-state index in [0.717, 1.165) is 12.0 Å². The predicted octanol–water partition coefficient (Wildman–Crippen LogP) is 2.54. The van der Waals surface area contributed by atoms with Gasteiger partial charge >= 0.3 is 0 Å². The van der Waals surface area contributed by atoms with Gasteiger partial charge in [0.2, 0.25) is 0 Å². The lowest BCUT2D eigenvalue weighted by Crippen LogP contribution is -2.12. The van der Waals surface area contributed by atoms with Crippen molar-refractivity contribution in [1.82, 2.24) is 0 Å². The summed E-state index contributed by atoms with van der Waals surface area (Å²) < 4.78 is 13.2. The van der Waals surface area contributed by atoms with Crippen LogP contribution in [0.1, 0.15) is 30.5 Å². The average molecular weight is 167 g/mol. The fraction of sp³-hybridized carbons (Fsp3) is 0.400. The second-order valence-electron chi connectivity index (χ2n) is 2.99. The van der Waals surface area contributed by atoms with Gasteiger partial charge in [-0.05, 0) is 25.0 Å². The maximum absolute atomic E-state index is 13.2. The summed E-state index contributed by atoms with van der Waals surface area (Å²) in [6, 6.07) is 4.87. The Kier molecular flexibility index (Phi) is 2.82. The van der Waals surface area contributed by atoms with Crippen LogP contribution in [0.4, 0.5) is 4.39 Å². The van der Waals surface area contributed by atoms with Gasteiger partial charge in [0.05, 0.1) is 0 Å². The van der Waals surface area contributed by atoms with E-state index in [-0.39, 0.29) is 11.9 Å². The fourth-order valence-electron chi connectivity index (χ4n) is 1.32. The Morgan fingerprint density at radius 2 is 2.17 bits per heavy atom. The van der Waals surface area contributed by atoms with Crippen LogP contribution in [0.25, 0.3) is 0 Å². The van der Waals surface area contributed by atoms with Crippen LogP contribution in [0.5, 0.6) is 0 Å². The van der Waals surface area contributed by atoms with E-state index in [1.54, 1.807) is 6.07 Å². The average Bonchev–Trinajstić information content (AvgIpc) is 2.03. The minimum absolute atomic E-state index is 0.175. The topological polar surface area (TPSA) is 26.0 Å². The Bertz CT molecular complexity index is 250. The molecule has 1 nitrogen and oxygen atoms in total. The maximum atomic E-state index is 13.2. The number of hydrogen-bond acceptors (Lipinski definition) is 1. The summed E-state index contributed by atoms with van der Waals surface area (Å²) in [7, 11) is 0. The van der Waals surface area contributed by atoms with Crippen molar-refractivity contribution in [3.63, 3.8) is 0 Å². The van der Waals surface area contributed by atoms with Crippen molar-refractivity contribution in [3.8, 4) is 0 Å². The molecule has 0 spiro atoms. The van der Waals surface area contributed by atoms with E-state index in [9.17, 15) is 4.39 Å². The molecule has 0 radical (unpaired) electrons. The summed E-state index contributed by atoms with van der Waals surface area (Å²) in [4.78, 5) is 0. The van der Waals surface area contributed by atoms with Gasteiger partial charge in [-0.3, -0.25) is 0 Å². The Labute approximate surface area is 72.4 Å². The van der Waals surface area contributed by atoms with Crippen molar-refractivity contribution < 1.29 is 4.39 Å². The van der Waals surface area contributed by atoms with Crippen molar-refractivity contribution in [2.24, 2.45) is 5.73 Å². The number of halogens is 1. The summed E-state index contributed by atoms with van der Waals surface area (Å²) in [6.07, 6.45) is 0.766. The Balaban J connectivity index is 3.12. The van der Waals surface area contributed by atoms with Gasteiger partial charge in [0.25, 0.3) is 0 Å². The molecule has 1 atom stereocenters. The van der Waals surface area contributed by atoms with Crippen LogP contribution in [0, 0.1) is 12.7 Å². The summed E-state index contributed by atoms with van der Waals surface area (Å²) in [5.41, 5.74) is 7.34. The van der Waals surface area contributed by atoms with E-state index in [1.807, 2.05) is 19.9 Å². The largest absolute Gasteiger partial charge is 0.324 e. The van der Waals surface area contributed by atoms with Crippen LogP contribution >= 0.6 is 0 Å². The molecule has 0 aliphatic heterocycles. The van der Waals surface area contributed by atoms with Gasteiger partial charge in [-0.15, -0.1) is 0 Å². The van der Waals surface area contributed by atoms with Crippen molar-refractivity contribution in [1.29, 1.82) is 0 Å². The first-order valence-corrected chi connectivity index (χ1v) is 4.17. The molecule has 1 aromatic rings. The lowest BCUT2D eigenvalue weighted by Gasteiger charge is -2.12. The third-order valence-corrected chi connectivity index (χ3v) is 2.08. The molecule has 0 aliphatic carbocycles. The van der Waals surface area contributed by atoms with Crippen molar-refractivity contribution >= 4 is 0 Å². The minimum Gasteiger partial charge on any atom is -0.324 e. The lowest BCUT2D eigenvalue weighted by molar-refractivity contribution is 0.572. The van der Waals surface area contributed by atoms with E-state index in [1.165, 1.54) is 6.07 Å². The van der Waals surface area contributed by atoms with Gasteiger partial charge < -0.3 is 5.73 Å². The molecule has 0 aliphatic rings. The number of nitrogens with two attached hydrogens (primary N) is 1. The molecule has 0 bridgehead atoms. The molecule has 1 rings (SSSR count). The molecular formula is C10H14FN. The number of benzene rings is 1. The molecule has 0 heterocycles. The highest BCUT2D eigenvalue weighted by Gasteiger charge is 2.11. The second kappa shape index (κ2) is 3.68. The SMILES string of the molecule is CC[C@H](N)c1c(C)cccc1F. The van der Waals surface area contributed by atoms with Gasteiger partial charge in [0.1, 0.15) is 5.82 Å². The number of aryl methyl sites for hydroxylation is 1. The zero-order chi connectivity index (χ0) is 9.14. The summed E-state index contributed by atoms with van der Waals surface area (Å²) >= 11 is 0. The summed E-state index contributed by atoms with van der Waals surface area (Å²) in [6.45, 7) is 3.84. The summed E-state index contributed by atoms with van der Waals surface area (Å²) in [5, 5.41) is 0. The molecule has 0 fully saturated rings. The third-order valence-electron chi connectivity index (χ3n) is 2.08. The predicted molar refractivity (Wildman–Crippen MR) is 48.4 cm³/mol. The second-order valence-corrected chi connectivity index (χ2v) is 2.99. The van der Waals surface area contributed by atoms with Crippen molar-refractivity contribution in [2.45, 2.75) is 26.3 Å². The zero-order valence-corrected chi connectivity index (χ0v) is 7.47. The van der Waals surface area contributed by atoms with E-state index in [0.29, 0.717) is 5.56 Å². The molecular weight excluding hydrogens is 153 g/mol. The molecule has 2 N–H and O–H groups in total. The zero-order valence-electron chi connectivity index (χ0n) is 7.47. The first-order valence-electron chi connectivity index (χ1n) is 4.17. The number of hydrogen-bond donors (Lipinski definition) is 1. The van der Waals surface area contributed by atoms with E-state index >= 15 is 0 Å². The van der Waals surface area contributed by atoms with E-state index in [2.05, 4.69) is 0 Å². The van der Waals surface area contributed by atoms with Gasteiger partial charge in [0, 0.05) is 11.6 Å². The van der Waals surface area contributed by atoms with Gasteiger partial charge in [-0.1, -0.05) is 19.1 Å². The van der Waals surface area contributed by atoms with Crippen LogP contribution < -0.4 is 5.73 Å². The van der Waals surface area contributed by atoms with E-state index < -0.39 is 0 Å². The third kappa shape index (κ3) is 1.64. The molecule has 12 heavy (non-hydrogen) atoms. The molecule has 1 aromatic carbocycles. The first-order chi connectivity index (χ1) is 5.66. The highest BCUT2D eigenvalue weighted by atomic mass is 19.1. The normalized spacial score (nSPS) is 13.0. The Morgan fingerprint density at radius 1 is 1.50 bits per heavy atom. The molecule has 0 saturated heterocycles. The fourth-order valence-corrected chi connectivity index (χ4v) is 1.32. The highest BCUT2D eigenvalue weighted by Crippen LogP contribution is 2.21. The molecule has 2 heteroatoms. The van der Waals surface area contributed by atoms with Gasteiger partial charge in [-0.2, -0.15) is 0 Å². The smallest absolute Gasteiger partial charge is 0.128 e. The molecule has 0 amide bonds. The Morgan fingerprint density at radius 3 is 2.67 bits per heavy atom. The van der Waals surface area contributed by atoms with Crippen LogP contribution in [-0.2, 0) is 0 Å². The van der Waals surface area contributed by atoms with E-state index in [4.69, 9.17) is 5.73 Å². The van der Waals surface area contributed by atoms with Crippen LogP contribution in [0.15, 0.2) is 18.2 Å². The maximum Gasteiger partial charge on any atom is 0.128 e. The molecule has 0 saturated carbocycles. The monoisotopic (exact) mass is 167 g/mol. The van der Waals surface area contributed by atoms with Crippen molar-refractivity contribution in [2.75, 3.05) is 0 Å². The van der Waals surface area contributed by atoms with Crippen LogP contribution in [0.2, 0.25) is 0 Å². The van der Waals surface area contributed by atoms with Crippen LogP contribution in [0.3, 0.4) is 0 Å². The van der Waals surface area contributed by atoms with Crippen molar-refractivity contribution in [3.05, 3.63) is 35.1 Å². The molecule has 66 valence electrons.